The van der Waals surface area contributed by atoms with E-state index in [1.54, 1.807) is 0 Å². The average molecular weight is 259 g/mol. The molecule has 1 fully saturated rings. The lowest BCUT2D eigenvalue weighted by Gasteiger charge is -2.24. The van der Waals surface area contributed by atoms with Crippen LogP contribution in [0.5, 0.6) is 0 Å². The Morgan fingerprint density at radius 2 is 2.05 bits per heavy atom. The predicted octanol–water partition coefficient (Wildman–Crippen LogP) is 1.92. The average Bonchev–Trinajstić information content (AvgIpc) is 3.16. The van der Waals surface area contributed by atoms with Crippen LogP contribution in [-0.2, 0) is 0 Å². The van der Waals surface area contributed by atoms with E-state index >= 15 is 0 Å². The standard InChI is InChI=1S/C15H21N3O/c1-9-5-12-13(6-10(9)2)18(8-17-12)14(7-19)15(16)11-3-4-11/h5-6,8,11,14-15,19H,3-4,7,16H2,1-2H3. The molecule has 0 bridgehead atoms. The van der Waals surface area contributed by atoms with Crippen molar-refractivity contribution in [3.05, 3.63) is 29.6 Å². The van der Waals surface area contributed by atoms with Crippen LogP contribution in [0.15, 0.2) is 18.5 Å². The topological polar surface area (TPSA) is 64.1 Å². The molecule has 2 aromatic rings. The molecular weight excluding hydrogens is 238 g/mol. The molecule has 0 amide bonds. The van der Waals surface area contributed by atoms with Crippen molar-refractivity contribution >= 4 is 11.0 Å². The third kappa shape index (κ3) is 2.15. The lowest BCUT2D eigenvalue weighted by Crippen LogP contribution is -2.36. The summed E-state index contributed by atoms with van der Waals surface area (Å²) in [7, 11) is 0. The number of hydrogen-bond acceptors (Lipinski definition) is 3. The number of benzene rings is 1. The number of rotatable bonds is 4. The minimum atomic E-state index is -0.0698. The van der Waals surface area contributed by atoms with Crippen LogP contribution >= 0.6 is 0 Å². The van der Waals surface area contributed by atoms with Crippen LogP contribution in [0.25, 0.3) is 11.0 Å². The molecule has 1 aliphatic carbocycles. The van der Waals surface area contributed by atoms with Crippen molar-refractivity contribution in [2.45, 2.75) is 38.8 Å². The van der Waals surface area contributed by atoms with Gasteiger partial charge in [0.25, 0.3) is 0 Å². The first-order valence-corrected chi connectivity index (χ1v) is 6.92. The summed E-state index contributed by atoms with van der Waals surface area (Å²) in [5.74, 6) is 0.557. The molecule has 1 aromatic carbocycles. The number of nitrogens with two attached hydrogens (primary N) is 1. The Kier molecular flexibility index (Phi) is 3.07. The summed E-state index contributed by atoms with van der Waals surface area (Å²) in [6.07, 6.45) is 4.18. The summed E-state index contributed by atoms with van der Waals surface area (Å²) in [4.78, 5) is 4.45. The van der Waals surface area contributed by atoms with Crippen molar-refractivity contribution in [2.75, 3.05) is 6.61 Å². The summed E-state index contributed by atoms with van der Waals surface area (Å²) in [6.45, 7) is 4.25. The Bertz CT molecular complexity index is 601. The van der Waals surface area contributed by atoms with Gasteiger partial charge < -0.3 is 15.4 Å². The minimum Gasteiger partial charge on any atom is -0.394 e. The predicted molar refractivity (Wildman–Crippen MR) is 76.0 cm³/mol. The van der Waals surface area contributed by atoms with Gasteiger partial charge in [-0.2, -0.15) is 0 Å². The number of nitrogens with zero attached hydrogens (tertiary/aromatic N) is 2. The maximum atomic E-state index is 9.70. The molecule has 19 heavy (non-hydrogen) atoms. The van der Waals surface area contributed by atoms with Crippen molar-refractivity contribution in [1.82, 2.24) is 9.55 Å². The van der Waals surface area contributed by atoms with Crippen LogP contribution in [0.2, 0.25) is 0 Å². The second-order valence-corrected chi connectivity index (χ2v) is 5.74. The van der Waals surface area contributed by atoms with E-state index in [0.717, 1.165) is 11.0 Å². The maximum Gasteiger partial charge on any atom is 0.0962 e. The quantitative estimate of drug-likeness (QED) is 0.881. The van der Waals surface area contributed by atoms with Gasteiger partial charge >= 0.3 is 0 Å². The van der Waals surface area contributed by atoms with Crippen LogP contribution in [0.3, 0.4) is 0 Å². The van der Waals surface area contributed by atoms with E-state index in [1.165, 1.54) is 24.0 Å². The van der Waals surface area contributed by atoms with Gasteiger partial charge in [0.1, 0.15) is 0 Å². The largest absolute Gasteiger partial charge is 0.394 e. The summed E-state index contributed by atoms with van der Waals surface area (Å²) in [6, 6.07) is 4.18. The summed E-state index contributed by atoms with van der Waals surface area (Å²) in [5, 5.41) is 9.70. The molecule has 102 valence electrons. The van der Waals surface area contributed by atoms with Crippen molar-refractivity contribution in [3.8, 4) is 0 Å². The Balaban J connectivity index is 2.05. The van der Waals surface area contributed by atoms with Crippen LogP contribution in [0.4, 0.5) is 0 Å². The molecule has 1 aromatic heterocycles. The second-order valence-electron chi connectivity index (χ2n) is 5.74. The maximum absolute atomic E-state index is 9.70. The molecule has 4 heteroatoms. The third-order valence-electron chi connectivity index (χ3n) is 4.35. The molecule has 0 radical (unpaired) electrons. The SMILES string of the molecule is Cc1cc2ncn(C(CO)C(N)C3CC3)c2cc1C. The number of fused-ring (bicyclic) bond motifs is 1. The van der Waals surface area contributed by atoms with E-state index in [-0.39, 0.29) is 18.7 Å². The van der Waals surface area contributed by atoms with Crippen LogP contribution in [0.1, 0.15) is 30.0 Å². The Labute approximate surface area is 113 Å². The highest BCUT2D eigenvalue weighted by molar-refractivity contribution is 5.77. The normalized spacial score (nSPS) is 18.7. The fraction of sp³-hybridized carbons (Fsp3) is 0.533. The zero-order valence-electron chi connectivity index (χ0n) is 11.5. The number of aromatic nitrogens is 2. The number of aliphatic hydroxyl groups excluding tert-OH is 1. The molecule has 0 saturated heterocycles. The van der Waals surface area contributed by atoms with E-state index < -0.39 is 0 Å². The van der Waals surface area contributed by atoms with Gasteiger partial charge in [-0.05, 0) is 55.9 Å². The molecule has 3 N–H and O–H groups in total. The highest BCUT2D eigenvalue weighted by Crippen LogP contribution is 2.36. The van der Waals surface area contributed by atoms with Gasteiger partial charge in [-0.1, -0.05) is 0 Å². The van der Waals surface area contributed by atoms with E-state index in [9.17, 15) is 5.11 Å². The third-order valence-corrected chi connectivity index (χ3v) is 4.35. The van der Waals surface area contributed by atoms with E-state index in [0.29, 0.717) is 5.92 Å². The van der Waals surface area contributed by atoms with Gasteiger partial charge in [0.2, 0.25) is 0 Å². The summed E-state index contributed by atoms with van der Waals surface area (Å²) in [5.41, 5.74) is 10.8. The van der Waals surface area contributed by atoms with Crippen LogP contribution in [0, 0.1) is 19.8 Å². The summed E-state index contributed by atoms with van der Waals surface area (Å²) < 4.78 is 2.05. The molecule has 3 rings (SSSR count). The van der Waals surface area contributed by atoms with E-state index in [4.69, 9.17) is 5.73 Å². The van der Waals surface area contributed by atoms with Gasteiger partial charge in [0, 0.05) is 6.04 Å². The number of aryl methyl sites for hydroxylation is 2. The van der Waals surface area contributed by atoms with Gasteiger partial charge in [-0.25, -0.2) is 4.98 Å². The van der Waals surface area contributed by atoms with Crippen LogP contribution < -0.4 is 5.73 Å². The minimum absolute atomic E-state index is 0.0176. The van der Waals surface area contributed by atoms with E-state index in [1.807, 2.05) is 10.9 Å². The lowest BCUT2D eigenvalue weighted by atomic mass is 10.0. The first-order chi connectivity index (χ1) is 9.11. The Morgan fingerprint density at radius 3 is 2.68 bits per heavy atom. The first-order valence-electron chi connectivity index (χ1n) is 6.92. The zero-order valence-corrected chi connectivity index (χ0v) is 11.5. The molecule has 1 saturated carbocycles. The lowest BCUT2D eigenvalue weighted by molar-refractivity contribution is 0.201. The molecule has 4 nitrogen and oxygen atoms in total. The van der Waals surface area contributed by atoms with E-state index in [2.05, 4.69) is 31.0 Å². The van der Waals surface area contributed by atoms with Crippen molar-refractivity contribution in [3.63, 3.8) is 0 Å². The van der Waals surface area contributed by atoms with Crippen molar-refractivity contribution in [1.29, 1.82) is 0 Å². The van der Waals surface area contributed by atoms with Crippen LogP contribution in [-0.4, -0.2) is 27.3 Å². The second kappa shape index (κ2) is 4.62. The highest BCUT2D eigenvalue weighted by Gasteiger charge is 2.34. The van der Waals surface area contributed by atoms with Crippen molar-refractivity contribution in [2.24, 2.45) is 11.7 Å². The number of imidazole rings is 1. The molecule has 0 aliphatic heterocycles. The van der Waals surface area contributed by atoms with Gasteiger partial charge in [-0.3, -0.25) is 0 Å². The van der Waals surface area contributed by atoms with Crippen molar-refractivity contribution < 1.29 is 5.11 Å². The molecule has 0 spiro atoms. The molecule has 2 atom stereocenters. The van der Waals surface area contributed by atoms with Gasteiger partial charge in [-0.15, -0.1) is 0 Å². The zero-order chi connectivity index (χ0) is 13.6. The highest BCUT2D eigenvalue weighted by atomic mass is 16.3. The Hall–Kier alpha value is -1.39. The fourth-order valence-corrected chi connectivity index (χ4v) is 2.74. The summed E-state index contributed by atoms with van der Waals surface area (Å²) >= 11 is 0. The molecule has 2 unspecified atom stereocenters. The molecule has 1 heterocycles. The fourth-order valence-electron chi connectivity index (χ4n) is 2.74. The monoisotopic (exact) mass is 259 g/mol. The first kappa shape index (κ1) is 12.6. The molecule has 1 aliphatic rings. The number of aliphatic hydroxyl groups is 1. The van der Waals surface area contributed by atoms with Gasteiger partial charge in [0.15, 0.2) is 0 Å². The Morgan fingerprint density at radius 1 is 1.37 bits per heavy atom. The smallest absolute Gasteiger partial charge is 0.0962 e. The van der Waals surface area contributed by atoms with Gasteiger partial charge in [0.05, 0.1) is 30.0 Å². The number of hydrogen-bond donors (Lipinski definition) is 2. The molecular formula is C15H21N3O.